The number of carbonyl (C=O) groups is 1. The van der Waals surface area contributed by atoms with Gasteiger partial charge in [-0.1, -0.05) is 30.3 Å². The monoisotopic (exact) mass is 363 g/mol. The highest BCUT2D eigenvalue weighted by Gasteiger charge is 2.36. The number of nitrogens with one attached hydrogen (secondary N) is 1. The van der Waals surface area contributed by atoms with Crippen LogP contribution in [-0.2, 0) is 11.0 Å². The fraction of sp³-hybridized carbons (Fsp3) is 0.357. The number of carbonyl (C=O) groups excluding carboxylic acids is 1. The van der Waals surface area contributed by atoms with Gasteiger partial charge < -0.3 is 10.1 Å². The van der Waals surface area contributed by atoms with E-state index >= 15 is 0 Å². The Hall–Kier alpha value is -2.23. The van der Waals surface area contributed by atoms with Crippen molar-refractivity contribution in [1.29, 1.82) is 0 Å². The Labute approximate surface area is 138 Å². The molecule has 1 aromatic carbocycles. The Kier molecular flexibility index (Phi) is 5.37. The minimum atomic E-state index is -4.62. The van der Waals surface area contributed by atoms with Gasteiger partial charge >= 0.3 is 6.18 Å². The average Bonchev–Trinajstić information content (AvgIpc) is 2.95. The molecular formula is C14H13F4N3O2S. The normalized spacial score (nSPS) is 13.0. The molecule has 130 valence electrons. The number of aromatic nitrogens is 2. The van der Waals surface area contributed by atoms with E-state index in [1.54, 1.807) is 13.8 Å². The van der Waals surface area contributed by atoms with Crippen LogP contribution in [0.5, 0.6) is 5.19 Å². The first kappa shape index (κ1) is 18.1. The number of anilines is 1. The van der Waals surface area contributed by atoms with Crippen LogP contribution in [0.15, 0.2) is 24.3 Å². The van der Waals surface area contributed by atoms with Crippen LogP contribution in [0.25, 0.3) is 0 Å². The van der Waals surface area contributed by atoms with E-state index in [1.165, 1.54) is 24.3 Å². The van der Waals surface area contributed by atoms with Crippen LogP contribution in [0.1, 0.15) is 18.9 Å². The fourth-order valence-electron chi connectivity index (χ4n) is 1.72. The van der Waals surface area contributed by atoms with Gasteiger partial charge in [0, 0.05) is 5.69 Å². The first-order valence-electron chi connectivity index (χ1n) is 6.80. The van der Waals surface area contributed by atoms with Crippen LogP contribution >= 0.6 is 11.3 Å². The first-order valence-corrected chi connectivity index (χ1v) is 7.62. The number of benzene rings is 1. The third-order valence-electron chi connectivity index (χ3n) is 2.85. The molecule has 10 heteroatoms. The fourth-order valence-corrected chi connectivity index (χ4v) is 2.32. The maximum Gasteiger partial charge on any atom is 0.445 e. The number of hydrogen-bond donors (Lipinski definition) is 1. The van der Waals surface area contributed by atoms with E-state index in [-0.39, 0.29) is 22.4 Å². The molecule has 1 atom stereocenters. The van der Waals surface area contributed by atoms with Gasteiger partial charge in [0.2, 0.25) is 5.01 Å². The predicted octanol–water partition coefficient (Wildman–Crippen LogP) is 3.74. The molecule has 5 nitrogen and oxygen atoms in total. The summed E-state index contributed by atoms with van der Waals surface area (Å²) in [5, 5.41) is 7.31. The van der Waals surface area contributed by atoms with Crippen molar-refractivity contribution in [3.8, 4) is 5.19 Å². The molecule has 0 bridgehead atoms. The van der Waals surface area contributed by atoms with Crippen molar-refractivity contribution in [1.82, 2.24) is 10.2 Å². The molecule has 1 amide bonds. The van der Waals surface area contributed by atoms with Gasteiger partial charge in [-0.15, -0.1) is 5.10 Å². The lowest BCUT2D eigenvalue weighted by Crippen LogP contribution is -2.37. The van der Waals surface area contributed by atoms with E-state index in [0.29, 0.717) is 5.69 Å². The second-order valence-electron chi connectivity index (χ2n) is 5.15. The lowest BCUT2D eigenvalue weighted by molar-refractivity contribution is -0.138. The molecule has 0 spiro atoms. The highest BCUT2D eigenvalue weighted by Crippen LogP contribution is 2.34. The van der Waals surface area contributed by atoms with Crippen molar-refractivity contribution in [3.63, 3.8) is 0 Å². The van der Waals surface area contributed by atoms with E-state index in [1.807, 2.05) is 0 Å². The zero-order valence-corrected chi connectivity index (χ0v) is 13.4. The number of halogens is 4. The van der Waals surface area contributed by atoms with E-state index in [2.05, 4.69) is 15.5 Å². The van der Waals surface area contributed by atoms with E-state index in [0.717, 1.165) is 0 Å². The summed E-state index contributed by atoms with van der Waals surface area (Å²) in [4.78, 5) is 12.3. The maximum atomic E-state index is 12.9. The third kappa shape index (κ3) is 4.63. The molecule has 1 aromatic heterocycles. The quantitative estimate of drug-likeness (QED) is 0.822. The zero-order chi connectivity index (χ0) is 17.9. The van der Waals surface area contributed by atoms with Crippen molar-refractivity contribution < 1.29 is 27.1 Å². The van der Waals surface area contributed by atoms with Gasteiger partial charge in [-0.2, -0.15) is 13.2 Å². The standard InChI is InChI=1S/C14H13F4N3O2S/c1-7(2)10(11(22)19-9-5-3-8(15)4-6-9)23-13-21-20-12(24-13)14(16,17)18/h3-7,10H,1-2H3,(H,19,22). The van der Waals surface area contributed by atoms with Crippen molar-refractivity contribution in [3.05, 3.63) is 35.1 Å². The van der Waals surface area contributed by atoms with Crippen LogP contribution < -0.4 is 10.1 Å². The smallest absolute Gasteiger partial charge is 0.445 e. The van der Waals surface area contributed by atoms with Gasteiger partial charge in [-0.3, -0.25) is 4.79 Å². The average molecular weight is 363 g/mol. The van der Waals surface area contributed by atoms with Crippen molar-refractivity contribution in [2.24, 2.45) is 5.92 Å². The summed E-state index contributed by atoms with van der Waals surface area (Å²) in [7, 11) is 0. The molecule has 0 fully saturated rings. The largest absolute Gasteiger partial charge is 0.455 e. The number of alkyl halides is 3. The zero-order valence-electron chi connectivity index (χ0n) is 12.6. The Morgan fingerprint density at radius 3 is 2.33 bits per heavy atom. The van der Waals surface area contributed by atoms with Gasteiger partial charge in [0.05, 0.1) is 0 Å². The molecule has 2 rings (SSSR count). The molecule has 2 aromatic rings. The van der Waals surface area contributed by atoms with Crippen LogP contribution in [0.2, 0.25) is 0 Å². The van der Waals surface area contributed by atoms with Gasteiger partial charge in [-0.25, -0.2) is 4.39 Å². The SMILES string of the molecule is CC(C)C(Oc1nnc(C(F)(F)F)s1)C(=O)Nc1ccc(F)cc1. The molecule has 0 aliphatic heterocycles. The molecule has 1 heterocycles. The minimum Gasteiger partial charge on any atom is -0.455 e. The third-order valence-corrected chi connectivity index (χ3v) is 3.71. The minimum absolute atomic E-state index is 0.212. The Morgan fingerprint density at radius 2 is 1.83 bits per heavy atom. The number of nitrogens with zero attached hydrogens (tertiary/aromatic N) is 2. The summed E-state index contributed by atoms with van der Waals surface area (Å²) in [5.41, 5.74) is 0.337. The number of rotatable bonds is 5. The number of ether oxygens (including phenoxy) is 1. The summed E-state index contributed by atoms with van der Waals surface area (Å²) in [6, 6.07) is 5.05. The summed E-state index contributed by atoms with van der Waals surface area (Å²) < 4.78 is 55.7. The molecule has 0 saturated carbocycles. The first-order chi connectivity index (χ1) is 11.2. The molecular weight excluding hydrogens is 350 g/mol. The van der Waals surface area contributed by atoms with E-state index < -0.39 is 29.0 Å². The number of amides is 1. The summed E-state index contributed by atoms with van der Waals surface area (Å²) in [6.07, 6.45) is -5.70. The van der Waals surface area contributed by atoms with E-state index in [4.69, 9.17) is 4.74 Å². The van der Waals surface area contributed by atoms with Crippen LogP contribution in [0, 0.1) is 11.7 Å². The number of hydrogen-bond acceptors (Lipinski definition) is 5. The second kappa shape index (κ2) is 7.12. The Bertz CT molecular complexity index is 701. The van der Waals surface area contributed by atoms with Crippen molar-refractivity contribution >= 4 is 22.9 Å². The van der Waals surface area contributed by atoms with Gasteiger partial charge in [0.25, 0.3) is 11.1 Å². The van der Waals surface area contributed by atoms with Crippen LogP contribution in [0.3, 0.4) is 0 Å². The lowest BCUT2D eigenvalue weighted by Gasteiger charge is -2.20. The van der Waals surface area contributed by atoms with Crippen LogP contribution in [-0.4, -0.2) is 22.2 Å². The molecule has 1 unspecified atom stereocenters. The topological polar surface area (TPSA) is 64.1 Å². The summed E-state index contributed by atoms with van der Waals surface area (Å²) in [6.45, 7) is 3.33. The molecule has 1 N–H and O–H groups in total. The Balaban J connectivity index is 2.09. The van der Waals surface area contributed by atoms with Gasteiger partial charge in [-0.05, 0) is 30.2 Å². The lowest BCUT2D eigenvalue weighted by atomic mass is 10.1. The highest BCUT2D eigenvalue weighted by atomic mass is 32.1. The molecule has 0 aliphatic rings. The molecule has 0 aliphatic carbocycles. The maximum absolute atomic E-state index is 12.9. The van der Waals surface area contributed by atoms with Crippen molar-refractivity contribution in [2.45, 2.75) is 26.1 Å². The summed E-state index contributed by atoms with van der Waals surface area (Å²) in [5.74, 6) is -1.39. The van der Waals surface area contributed by atoms with Gasteiger partial charge in [0.1, 0.15) is 5.82 Å². The van der Waals surface area contributed by atoms with E-state index in [9.17, 15) is 22.4 Å². The van der Waals surface area contributed by atoms with Crippen LogP contribution in [0.4, 0.5) is 23.2 Å². The predicted molar refractivity (Wildman–Crippen MR) is 79.2 cm³/mol. The molecule has 0 radical (unpaired) electrons. The molecule has 0 saturated heterocycles. The Morgan fingerprint density at radius 1 is 1.21 bits per heavy atom. The summed E-state index contributed by atoms with van der Waals surface area (Å²) >= 11 is 0.212. The molecule has 24 heavy (non-hydrogen) atoms. The van der Waals surface area contributed by atoms with Crippen molar-refractivity contribution in [2.75, 3.05) is 5.32 Å². The highest BCUT2D eigenvalue weighted by molar-refractivity contribution is 7.13. The van der Waals surface area contributed by atoms with Gasteiger partial charge in [0.15, 0.2) is 6.10 Å². The second-order valence-corrected chi connectivity index (χ2v) is 6.09.